The molecule has 0 radical (unpaired) electrons. The zero-order chi connectivity index (χ0) is 20.7. The second kappa shape index (κ2) is 8.11. The van der Waals surface area contributed by atoms with Gasteiger partial charge in [-0.05, 0) is 47.6 Å². The van der Waals surface area contributed by atoms with E-state index in [1.54, 1.807) is 18.3 Å². The Kier molecular flexibility index (Phi) is 5.32. The second-order valence-corrected chi connectivity index (χ2v) is 9.51. The van der Waals surface area contributed by atoms with Gasteiger partial charge in [0.15, 0.2) is 5.82 Å². The van der Waals surface area contributed by atoms with Gasteiger partial charge in [-0.1, -0.05) is 5.16 Å². The molecule has 2 amide bonds. The fraction of sp³-hybridized carbons (Fsp3) is 0.619. The standard InChI is InChI=1S/C21H27N5O3S/c1-13-23-18(24-29-13)11-25-9-15-7-16(10-25)20(26-17(15)3-2-4-19(26)27)21(28)22-8-14-5-6-30-12-14/h5-6,12,15-17,20H,2-4,7-11H2,1H3,(H,22,28)/t15-,16+,17-,20+/m0/s1. The number of hydrogen-bond acceptors (Lipinski definition) is 7. The van der Waals surface area contributed by atoms with E-state index < -0.39 is 6.04 Å². The average Bonchev–Trinajstić information content (AvgIpc) is 3.39. The van der Waals surface area contributed by atoms with Gasteiger partial charge in [-0.15, -0.1) is 0 Å². The Morgan fingerprint density at radius 1 is 1.37 bits per heavy atom. The Bertz CT molecular complexity index is 914. The molecule has 2 bridgehead atoms. The van der Waals surface area contributed by atoms with Crippen LogP contribution in [0, 0.1) is 18.8 Å². The van der Waals surface area contributed by atoms with E-state index in [1.165, 1.54) is 0 Å². The van der Waals surface area contributed by atoms with Crippen molar-refractivity contribution in [1.29, 1.82) is 0 Å². The summed E-state index contributed by atoms with van der Waals surface area (Å²) in [5, 5.41) is 11.2. The number of nitrogens with zero attached hydrogens (tertiary/aromatic N) is 4. The van der Waals surface area contributed by atoms with E-state index in [-0.39, 0.29) is 23.8 Å². The first-order chi connectivity index (χ1) is 14.6. The van der Waals surface area contributed by atoms with E-state index in [0.717, 1.165) is 37.9 Å². The van der Waals surface area contributed by atoms with Crippen LogP contribution in [0.25, 0.3) is 0 Å². The van der Waals surface area contributed by atoms with Crippen LogP contribution >= 0.6 is 11.3 Å². The van der Waals surface area contributed by atoms with Gasteiger partial charge in [0.05, 0.1) is 6.54 Å². The molecule has 2 aromatic heterocycles. The highest BCUT2D eigenvalue weighted by atomic mass is 32.1. The van der Waals surface area contributed by atoms with Crippen molar-refractivity contribution in [3.63, 3.8) is 0 Å². The Balaban J connectivity index is 1.36. The van der Waals surface area contributed by atoms with Crippen LogP contribution in [-0.2, 0) is 22.7 Å². The maximum atomic E-state index is 13.3. The molecule has 9 heteroatoms. The van der Waals surface area contributed by atoms with Gasteiger partial charge in [0.1, 0.15) is 6.04 Å². The van der Waals surface area contributed by atoms with Crippen LogP contribution in [0.15, 0.2) is 21.3 Å². The number of aromatic nitrogens is 2. The molecule has 0 saturated carbocycles. The molecular weight excluding hydrogens is 402 g/mol. The Morgan fingerprint density at radius 2 is 2.23 bits per heavy atom. The molecule has 3 saturated heterocycles. The van der Waals surface area contributed by atoms with Gasteiger partial charge >= 0.3 is 0 Å². The minimum absolute atomic E-state index is 0.0258. The molecule has 2 aromatic rings. The lowest BCUT2D eigenvalue weighted by molar-refractivity contribution is -0.160. The predicted octanol–water partition coefficient (Wildman–Crippen LogP) is 1.96. The highest BCUT2D eigenvalue weighted by Gasteiger charge is 2.51. The third-order valence-corrected chi connectivity index (χ3v) is 7.40. The summed E-state index contributed by atoms with van der Waals surface area (Å²) in [7, 11) is 0. The summed E-state index contributed by atoms with van der Waals surface area (Å²) in [6, 6.07) is 1.77. The lowest BCUT2D eigenvalue weighted by atomic mass is 9.71. The number of likely N-dealkylation sites (tertiary alicyclic amines) is 1. The number of thiophene rings is 1. The average molecular weight is 430 g/mol. The van der Waals surface area contributed by atoms with Crippen LogP contribution in [-0.4, -0.2) is 56.9 Å². The van der Waals surface area contributed by atoms with E-state index in [1.807, 2.05) is 21.7 Å². The summed E-state index contributed by atoms with van der Waals surface area (Å²) >= 11 is 1.62. The fourth-order valence-electron chi connectivity index (χ4n) is 5.51. The van der Waals surface area contributed by atoms with Crippen LogP contribution in [0.1, 0.15) is 43.0 Å². The molecular formula is C21H27N5O3S. The second-order valence-electron chi connectivity index (χ2n) is 8.73. The first kappa shape index (κ1) is 19.7. The number of carbonyl (C=O) groups is 2. The number of carbonyl (C=O) groups excluding carboxylic acids is 2. The van der Waals surface area contributed by atoms with Crippen molar-refractivity contribution in [2.24, 2.45) is 11.8 Å². The SMILES string of the molecule is Cc1nc(CN2C[C@@H]3C[C@H](C2)[C@H](C(=O)NCc2ccsc2)N2C(=O)CCC[C@@H]32)no1. The van der Waals surface area contributed by atoms with Crippen molar-refractivity contribution in [3.8, 4) is 0 Å². The summed E-state index contributed by atoms with van der Waals surface area (Å²) in [6.07, 6.45) is 3.43. The molecule has 30 heavy (non-hydrogen) atoms. The van der Waals surface area contributed by atoms with Crippen LogP contribution in [0.5, 0.6) is 0 Å². The molecule has 0 spiro atoms. The molecule has 3 aliphatic rings. The maximum Gasteiger partial charge on any atom is 0.243 e. The molecule has 5 heterocycles. The third kappa shape index (κ3) is 3.76. The van der Waals surface area contributed by atoms with E-state index in [4.69, 9.17) is 4.52 Å². The number of piperidine rings is 3. The Hall–Kier alpha value is -2.26. The molecule has 4 atom stereocenters. The van der Waals surface area contributed by atoms with Crippen molar-refractivity contribution in [2.45, 2.75) is 57.8 Å². The summed E-state index contributed by atoms with van der Waals surface area (Å²) < 4.78 is 5.12. The molecule has 3 fully saturated rings. The van der Waals surface area contributed by atoms with Gasteiger partial charge in [0.25, 0.3) is 0 Å². The predicted molar refractivity (Wildman–Crippen MR) is 110 cm³/mol. The molecule has 0 aliphatic carbocycles. The minimum atomic E-state index is -0.396. The monoisotopic (exact) mass is 429 g/mol. The van der Waals surface area contributed by atoms with Gasteiger partial charge in [0.2, 0.25) is 17.7 Å². The Morgan fingerprint density at radius 3 is 3.00 bits per heavy atom. The zero-order valence-corrected chi connectivity index (χ0v) is 17.9. The normalized spacial score (nSPS) is 29.0. The summed E-state index contributed by atoms with van der Waals surface area (Å²) in [5.41, 5.74) is 1.10. The highest BCUT2D eigenvalue weighted by Crippen LogP contribution is 2.42. The summed E-state index contributed by atoms with van der Waals surface area (Å²) in [5.74, 6) is 1.87. The molecule has 160 valence electrons. The molecule has 0 aromatic carbocycles. The molecule has 1 N–H and O–H groups in total. The quantitative estimate of drug-likeness (QED) is 0.781. The molecule has 5 rings (SSSR count). The lowest BCUT2D eigenvalue weighted by Gasteiger charge is -2.55. The lowest BCUT2D eigenvalue weighted by Crippen LogP contribution is -2.68. The number of nitrogens with one attached hydrogen (secondary N) is 1. The summed E-state index contributed by atoms with van der Waals surface area (Å²) in [6.45, 7) is 4.58. The van der Waals surface area contributed by atoms with Gasteiger partial charge in [0, 0.05) is 44.9 Å². The summed E-state index contributed by atoms with van der Waals surface area (Å²) in [4.78, 5) is 34.8. The van der Waals surface area contributed by atoms with Crippen molar-refractivity contribution >= 4 is 23.2 Å². The first-order valence-corrected chi connectivity index (χ1v) is 11.6. The number of rotatable bonds is 5. The van der Waals surface area contributed by atoms with Crippen molar-refractivity contribution in [1.82, 2.24) is 25.3 Å². The van der Waals surface area contributed by atoms with E-state index >= 15 is 0 Å². The maximum absolute atomic E-state index is 13.3. The van der Waals surface area contributed by atoms with Gasteiger partial charge in [-0.3, -0.25) is 14.5 Å². The number of aryl methyl sites for hydroxylation is 1. The van der Waals surface area contributed by atoms with Gasteiger partial charge in [-0.2, -0.15) is 16.3 Å². The van der Waals surface area contributed by atoms with E-state index in [0.29, 0.717) is 37.1 Å². The molecule has 8 nitrogen and oxygen atoms in total. The van der Waals surface area contributed by atoms with Crippen LogP contribution < -0.4 is 5.32 Å². The minimum Gasteiger partial charge on any atom is -0.350 e. The van der Waals surface area contributed by atoms with E-state index in [2.05, 4.69) is 20.4 Å². The van der Waals surface area contributed by atoms with Crippen LogP contribution in [0.2, 0.25) is 0 Å². The first-order valence-electron chi connectivity index (χ1n) is 10.7. The third-order valence-electron chi connectivity index (χ3n) is 6.67. The van der Waals surface area contributed by atoms with Crippen molar-refractivity contribution in [3.05, 3.63) is 34.1 Å². The number of amides is 2. The smallest absolute Gasteiger partial charge is 0.243 e. The molecule has 3 aliphatic heterocycles. The van der Waals surface area contributed by atoms with Gasteiger partial charge in [-0.25, -0.2) is 0 Å². The highest BCUT2D eigenvalue weighted by molar-refractivity contribution is 7.07. The molecule has 0 unspecified atom stereocenters. The van der Waals surface area contributed by atoms with Crippen molar-refractivity contribution < 1.29 is 14.1 Å². The van der Waals surface area contributed by atoms with Crippen LogP contribution in [0.4, 0.5) is 0 Å². The Labute approximate surface area is 179 Å². The van der Waals surface area contributed by atoms with Crippen LogP contribution in [0.3, 0.4) is 0 Å². The largest absolute Gasteiger partial charge is 0.350 e. The zero-order valence-electron chi connectivity index (χ0n) is 17.1. The number of hydrogen-bond donors (Lipinski definition) is 1. The van der Waals surface area contributed by atoms with Gasteiger partial charge < -0.3 is 14.7 Å². The fourth-order valence-corrected chi connectivity index (χ4v) is 6.18. The van der Waals surface area contributed by atoms with E-state index in [9.17, 15) is 9.59 Å². The van der Waals surface area contributed by atoms with Crippen molar-refractivity contribution in [2.75, 3.05) is 13.1 Å². The topological polar surface area (TPSA) is 91.6 Å². The number of fused-ring (bicyclic) bond motifs is 4.